The van der Waals surface area contributed by atoms with Crippen molar-refractivity contribution >= 4 is 21.6 Å². The Kier molecular flexibility index (Phi) is 3.79. The number of halogens is 1. The van der Waals surface area contributed by atoms with E-state index >= 15 is 0 Å². The number of hydrogen-bond donors (Lipinski definition) is 1. The Labute approximate surface area is 126 Å². The molecule has 1 aliphatic carbocycles. The molecular weight excluding hydrogens is 322 g/mol. The van der Waals surface area contributed by atoms with Crippen molar-refractivity contribution in [3.8, 4) is 0 Å². The SMILES string of the molecule is NC1CCC2CN(Cc3ccc(Br)c([N+](=O)[O-])c3)CC12. The molecule has 20 heavy (non-hydrogen) atoms. The van der Waals surface area contributed by atoms with Crippen LogP contribution >= 0.6 is 15.9 Å². The van der Waals surface area contributed by atoms with Gasteiger partial charge in [-0.05, 0) is 52.2 Å². The molecule has 1 saturated carbocycles. The van der Waals surface area contributed by atoms with Gasteiger partial charge < -0.3 is 5.73 Å². The van der Waals surface area contributed by atoms with Gasteiger partial charge >= 0.3 is 0 Å². The quantitative estimate of drug-likeness (QED) is 0.678. The van der Waals surface area contributed by atoms with Gasteiger partial charge in [-0.2, -0.15) is 0 Å². The van der Waals surface area contributed by atoms with Crippen molar-refractivity contribution in [2.24, 2.45) is 17.6 Å². The predicted molar refractivity (Wildman–Crippen MR) is 80.3 cm³/mol. The van der Waals surface area contributed by atoms with E-state index in [1.54, 1.807) is 12.1 Å². The van der Waals surface area contributed by atoms with Crippen molar-refractivity contribution in [2.75, 3.05) is 13.1 Å². The summed E-state index contributed by atoms with van der Waals surface area (Å²) in [6.45, 7) is 2.87. The highest BCUT2D eigenvalue weighted by atomic mass is 79.9. The first-order valence-electron chi connectivity index (χ1n) is 6.95. The normalized spacial score (nSPS) is 29.6. The van der Waals surface area contributed by atoms with Crippen LogP contribution in [-0.2, 0) is 6.54 Å². The molecule has 3 atom stereocenters. The lowest BCUT2D eigenvalue weighted by Gasteiger charge is -2.18. The molecule has 3 rings (SSSR count). The fourth-order valence-corrected chi connectivity index (χ4v) is 3.97. The Morgan fingerprint density at radius 3 is 2.90 bits per heavy atom. The number of rotatable bonds is 3. The monoisotopic (exact) mass is 339 g/mol. The van der Waals surface area contributed by atoms with Crippen molar-refractivity contribution in [1.29, 1.82) is 0 Å². The van der Waals surface area contributed by atoms with Gasteiger partial charge in [-0.3, -0.25) is 15.0 Å². The number of nitrogens with two attached hydrogens (primary N) is 1. The highest BCUT2D eigenvalue weighted by molar-refractivity contribution is 9.10. The maximum absolute atomic E-state index is 11.0. The summed E-state index contributed by atoms with van der Waals surface area (Å²) >= 11 is 3.22. The van der Waals surface area contributed by atoms with Crippen LogP contribution in [0.15, 0.2) is 22.7 Å². The van der Waals surface area contributed by atoms with E-state index in [9.17, 15) is 10.1 Å². The van der Waals surface area contributed by atoms with Gasteiger partial charge in [0.05, 0.1) is 9.40 Å². The zero-order valence-electron chi connectivity index (χ0n) is 11.2. The van der Waals surface area contributed by atoms with Crippen LogP contribution in [0.2, 0.25) is 0 Å². The summed E-state index contributed by atoms with van der Waals surface area (Å²) in [5, 5.41) is 11.0. The largest absolute Gasteiger partial charge is 0.327 e. The zero-order chi connectivity index (χ0) is 14.3. The summed E-state index contributed by atoms with van der Waals surface area (Å²) < 4.78 is 0.534. The smallest absolute Gasteiger partial charge is 0.283 e. The van der Waals surface area contributed by atoms with Gasteiger partial charge in [0.1, 0.15) is 0 Å². The Hall–Kier alpha value is -0.980. The molecule has 5 nitrogen and oxygen atoms in total. The van der Waals surface area contributed by atoms with Crippen LogP contribution in [0.25, 0.3) is 0 Å². The van der Waals surface area contributed by atoms with E-state index in [-0.39, 0.29) is 10.6 Å². The van der Waals surface area contributed by atoms with Crippen molar-refractivity contribution < 1.29 is 4.92 Å². The summed E-state index contributed by atoms with van der Waals surface area (Å²) in [7, 11) is 0. The van der Waals surface area contributed by atoms with Gasteiger partial charge in [0.25, 0.3) is 5.69 Å². The molecular formula is C14H18BrN3O2. The van der Waals surface area contributed by atoms with E-state index in [2.05, 4.69) is 20.8 Å². The lowest BCUT2D eigenvalue weighted by Crippen LogP contribution is -2.30. The Morgan fingerprint density at radius 2 is 2.20 bits per heavy atom. The lowest BCUT2D eigenvalue weighted by atomic mass is 9.98. The molecule has 0 spiro atoms. The predicted octanol–water partition coefficient (Wildman–Crippen LogP) is 2.53. The summed E-state index contributed by atoms with van der Waals surface area (Å²) in [4.78, 5) is 13.0. The number of fused-ring (bicyclic) bond motifs is 1. The van der Waals surface area contributed by atoms with Crippen molar-refractivity contribution in [2.45, 2.75) is 25.4 Å². The summed E-state index contributed by atoms with van der Waals surface area (Å²) in [5.74, 6) is 1.33. The van der Waals surface area contributed by atoms with Gasteiger partial charge in [-0.1, -0.05) is 6.07 Å². The summed E-state index contributed by atoms with van der Waals surface area (Å²) in [6.07, 6.45) is 2.37. The second-order valence-electron chi connectivity index (χ2n) is 5.90. The minimum Gasteiger partial charge on any atom is -0.327 e. The van der Waals surface area contributed by atoms with E-state index in [0.29, 0.717) is 16.4 Å². The van der Waals surface area contributed by atoms with E-state index in [1.165, 1.54) is 6.42 Å². The van der Waals surface area contributed by atoms with Crippen molar-refractivity contribution in [3.05, 3.63) is 38.3 Å². The molecule has 0 bridgehead atoms. The van der Waals surface area contributed by atoms with Crippen LogP contribution in [0.3, 0.4) is 0 Å². The van der Waals surface area contributed by atoms with E-state index in [4.69, 9.17) is 5.73 Å². The van der Waals surface area contributed by atoms with Crippen LogP contribution in [0.5, 0.6) is 0 Å². The molecule has 2 aliphatic rings. The summed E-state index contributed by atoms with van der Waals surface area (Å²) in [5.41, 5.74) is 7.27. The second-order valence-corrected chi connectivity index (χ2v) is 6.76. The topological polar surface area (TPSA) is 72.4 Å². The Balaban J connectivity index is 1.70. The van der Waals surface area contributed by atoms with Gasteiger partial charge in [0.2, 0.25) is 0 Å². The average Bonchev–Trinajstić information content (AvgIpc) is 2.94. The molecule has 0 aromatic heterocycles. The molecule has 1 aliphatic heterocycles. The van der Waals surface area contributed by atoms with Crippen LogP contribution < -0.4 is 5.73 Å². The minimum atomic E-state index is -0.345. The molecule has 108 valence electrons. The molecule has 1 aromatic rings. The third-order valence-corrected chi connectivity index (χ3v) is 5.27. The first kappa shape index (κ1) is 14.0. The standard InChI is InChI=1S/C14H18BrN3O2/c15-12-3-1-9(5-14(12)18(19)20)6-17-7-10-2-4-13(16)11(10)8-17/h1,3,5,10-11,13H,2,4,6-8,16H2. The molecule has 0 amide bonds. The van der Waals surface area contributed by atoms with Crippen LogP contribution in [0.4, 0.5) is 5.69 Å². The van der Waals surface area contributed by atoms with Crippen LogP contribution in [0, 0.1) is 22.0 Å². The molecule has 1 aromatic carbocycles. The van der Waals surface area contributed by atoms with Crippen molar-refractivity contribution in [1.82, 2.24) is 4.90 Å². The summed E-state index contributed by atoms with van der Waals surface area (Å²) in [6, 6.07) is 5.71. The lowest BCUT2D eigenvalue weighted by molar-refractivity contribution is -0.385. The highest BCUT2D eigenvalue weighted by Crippen LogP contribution is 2.38. The number of likely N-dealkylation sites (tertiary alicyclic amines) is 1. The average molecular weight is 340 g/mol. The number of nitro benzene ring substituents is 1. The Morgan fingerprint density at radius 1 is 1.40 bits per heavy atom. The number of benzene rings is 1. The number of nitrogens with zero attached hydrogens (tertiary/aromatic N) is 2. The molecule has 1 heterocycles. The molecule has 1 saturated heterocycles. The molecule has 2 N–H and O–H groups in total. The van der Waals surface area contributed by atoms with Gasteiger partial charge in [-0.15, -0.1) is 0 Å². The van der Waals surface area contributed by atoms with E-state index in [1.807, 2.05) is 6.07 Å². The maximum Gasteiger partial charge on any atom is 0.283 e. The zero-order valence-corrected chi connectivity index (χ0v) is 12.8. The van der Waals surface area contributed by atoms with E-state index in [0.717, 1.165) is 37.5 Å². The molecule has 0 radical (unpaired) electrons. The minimum absolute atomic E-state index is 0.138. The third-order valence-electron chi connectivity index (χ3n) is 4.60. The second kappa shape index (κ2) is 5.42. The van der Waals surface area contributed by atoms with Crippen LogP contribution in [0.1, 0.15) is 18.4 Å². The van der Waals surface area contributed by atoms with Crippen molar-refractivity contribution in [3.63, 3.8) is 0 Å². The molecule has 2 fully saturated rings. The number of nitro groups is 1. The number of hydrogen-bond acceptors (Lipinski definition) is 4. The molecule has 3 unspecified atom stereocenters. The van der Waals surface area contributed by atoms with Gasteiger partial charge in [-0.25, -0.2) is 0 Å². The highest BCUT2D eigenvalue weighted by Gasteiger charge is 2.40. The fraction of sp³-hybridized carbons (Fsp3) is 0.571. The molecule has 6 heteroatoms. The van der Waals surface area contributed by atoms with Crippen LogP contribution in [-0.4, -0.2) is 29.0 Å². The Bertz CT molecular complexity index is 537. The fourth-order valence-electron chi connectivity index (χ4n) is 3.58. The first-order valence-corrected chi connectivity index (χ1v) is 7.74. The van der Waals surface area contributed by atoms with Gasteiger partial charge in [0, 0.05) is 31.7 Å². The van der Waals surface area contributed by atoms with Gasteiger partial charge in [0.15, 0.2) is 0 Å². The maximum atomic E-state index is 11.0. The first-order chi connectivity index (χ1) is 9.54. The third kappa shape index (κ3) is 2.60. The van der Waals surface area contributed by atoms with E-state index < -0.39 is 0 Å².